The molecule has 0 spiro atoms. The van der Waals surface area contributed by atoms with Gasteiger partial charge in [0.25, 0.3) is 5.91 Å². The lowest BCUT2D eigenvalue weighted by Gasteiger charge is -2.17. The summed E-state index contributed by atoms with van der Waals surface area (Å²) < 4.78 is 10.3. The van der Waals surface area contributed by atoms with Gasteiger partial charge in [-0.15, -0.1) is 0 Å². The summed E-state index contributed by atoms with van der Waals surface area (Å²) in [4.78, 5) is 35.2. The number of carbonyl (C=O) groups excluding carboxylic acids is 3. The fraction of sp³-hybridized carbons (Fsp3) is 0.375. The molecule has 0 aromatic heterocycles. The van der Waals surface area contributed by atoms with Crippen LogP contribution < -0.4 is 15.5 Å². The molecule has 1 atom stereocenters. The van der Waals surface area contributed by atoms with Gasteiger partial charge in [0.2, 0.25) is 5.91 Å². The first kappa shape index (κ1) is 17.5. The number of hydrazone groups is 1. The lowest BCUT2D eigenvalue weighted by Crippen LogP contribution is -2.35. The lowest BCUT2D eigenvalue weighted by atomic mass is 10.2. The van der Waals surface area contributed by atoms with E-state index in [-0.39, 0.29) is 24.5 Å². The van der Waals surface area contributed by atoms with Crippen molar-refractivity contribution < 1.29 is 23.9 Å². The lowest BCUT2D eigenvalue weighted by molar-refractivity contribution is -0.146. The van der Waals surface area contributed by atoms with Gasteiger partial charge in [-0.25, -0.2) is 10.2 Å². The number of rotatable bonds is 5. The SMILES string of the molecule is COc1ccc(C)cc1NC(=O)[C@H](C)OC(=O)C1=NNC(=O)CC1. The average Bonchev–Trinajstić information content (AvgIpc) is 2.55. The van der Waals surface area contributed by atoms with Gasteiger partial charge in [-0.3, -0.25) is 9.59 Å². The first-order chi connectivity index (χ1) is 11.4. The van der Waals surface area contributed by atoms with Crippen LogP contribution in [0.5, 0.6) is 5.75 Å². The monoisotopic (exact) mass is 333 g/mol. The highest BCUT2D eigenvalue weighted by Gasteiger charge is 2.24. The van der Waals surface area contributed by atoms with Gasteiger partial charge in [-0.1, -0.05) is 6.07 Å². The van der Waals surface area contributed by atoms with E-state index >= 15 is 0 Å². The van der Waals surface area contributed by atoms with Crippen LogP contribution in [-0.2, 0) is 19.1 Å². The van der Waals surface area contributed by atoms with Gasteiger partial charge in [-0.2, -0.15) is 5.10 Å². The van der Waals surface area contributed by atoms with Gasteiger partial charge in [-0.05, 0) is 31.5 Å². The molecule has 0 saturated carbocycles. The molecule has 8 nitrogen and oxygen atoms in total. The van der Waals surface area contributed by atoms with Crippen molar-refractivity contribution >= 4 is 29.2 Å². The standard InChI is InChI=1S/C16H19N3O5/c1-9-4-6-13(23-3)12(8-9)17-15(21)10(2)24-16(22)11-5-7-14(20)19-18-11/h4,6,8,10H,5,7H2,1-3H3,(H,17,21)(H,19,20)/t10-/m0/s1. The van der Waals surface area contributed by atoms with Gasteiger partial charge in [0.1, 0.15) is 11.5 Å². The van der Waals surface area contributed by atoms with Gasteiger partial charge >= 0.3 is 5.97 Å². The van der Waals surface area contributed by atoms with Crippen molar-refractivity contribution in [2.24, 2.45) is 5.10 Å². The van der Waals surface area contributed by atoms with Crippen LogP contribution >= 0.6 is 0 Å². The number of ether oxygens (including phenoxy) is 2. The molecule has 0 saturated heterocycles. The Hall–Kier alpha value is -2.90. The summed E-state index contributed by atoms with van der Waals surface area (Å²) in [6.45, 7) is 3.34. The first-order valence-electron chi connectivity index (χ1n) is 7.42. The highest BCUT2D eigenvalue weighted by Crippen LogP contribution is 2.25. The smallest absolute Gasteiger partial charge is 0.355 e. The van der Waals surface area contributed by atoms with E-state index in [0.29, 0.717) is 11.4 Å². The van der Waals surface area contributed by atoms with Crippen LogP contribution in [0.3, 0.4) is 0 Å². The summed E-state index contributed by atoms with van der Waals surface area (Å²) in [5, 5.41) is 6.30. The maximum Gasteiger partial charge on any atom is 0.355 e. The first-order valence-corrected chi connectivity index (χ1v) is 7.42. The molecule has 0 radical (unpaired) electrons. The molecule has 2 amide bonds. The number of nitrogens with one attached hydrogen (secondary N) is 2. The fourth-order valence-corrected chi connectivity index (χ4v) is 2.06. The Bertz CT molecular complexity index is 699. The highest BCUT2D eigenvalue weighted by atomic mass is 16.5. The maximum atomic E-state index is 12.2. The van der Waals surface area contributed by atoms with E-state index in [0.717, 1.165) is 5.56 Å². The number of anilines is 1. The van der Waals surface area contributed by atoms with Crippen LogP contribution in [0.25, 0.3) is 0 Å². The molecule has 1 aliphatic heterocycles. The zero-order chi connectivity index (χ0) is 17.7. The van der Waals surface area contributed by atoms with Crippen LogP contribution in [0.4, 0.5) is 5.69 Å². The number of benzene rings is 1. The van der Waals surface area contributed by atoms with Gasteiger partial charge < -0.3 is 14.8 Å². The van der Waals surface area contributed by atoms with E-state index in [1.54, 1.807) is 12.1 Å². The molecule has 2 rings (SSSR count). The third-order valence-electron chi connectivity index (χ3n) is 3.41. The quantitative estimate of drug-likeness (QED) is 0.786. The highest BCUT2D eigenvalue weighted by molar-refractivity contribution is 6.37. The molecule has 128 valence electrons. The van der Waals surface area contributed by atoms with Crippen molar-refractivity contribution in [2.45, 2.75) is 32.8 Å². The third kappa shape index (κ3) is 4.31. The molecule has 0 bridgehead atoms. The number of hydrogen-bond donors (Lipinski definition) is 2. The van der Waals surface area contributed by atoms with Gasteiger partial charge in [0.05, 0.1) is 12.8 Å². The van der Waals surface area contributed by atoms with E-state index in [4.69, 9.17) is 9.47 Å². The largest absolute Gasteiger partial charge is 0.495 e. The van der Waals surface area contributed by atoms with Crippen LogP contribution in [0, 0.1) is 6.92 Å². The van der Waals surface area contributed by atoms with Crippen LogP contribution in [0.15, 0.2) is 23.3 Å². The predicted octanol–water partition coefficient (Wildman–Crippen LogP) is 1.14. The second-order valence-corrected chi connectivity index (χ2v) is 5.33. The number of nitrogens with zero attached hydrogens (tertiary/aromatic N) is 1. The minimum absolute atomic E-state index is 0.0855. The number of esters is 1. The van der Waals surface area contributed by atoms with Crippen molar-refractivity contribution in [1.29, 1.82) is 0 Å². The third-order valence-corrected chi connectivity index (χ3v) is 3.41. The molecule has 0 fully saturated rings. The topological polar surface area (TPSA) is 106 Å². The minimum Gasteiger partial charge on any atom is -0.495 e. The number of aryl methyl sites for hydroxylation is 1. The van der Waals surface area contributed by atoms with E-state index in [2.05, 4.69) is 15.8 Å². The Morgan fingerprint density at radius 3 is 2.71 bits per heavy atom. The van der Waals surface area contributed by atoms with Gasteiger partial charge in [0, 0.05) is 12.8 Å². The number of amides is 2. The summed E-state index contributed by atoms with van der Waals surface area (Å²) in [5.41, 5.74) is 3.73. The number of hydrogen-bond acceptors (Lipinski definition) is 6. The molecular weight excluding hydrogens is 314 g/mol. The Balaban J connectivity index is 1.99. The second kappa shape index (κ2) is 7.58. The summed E-state index contributed by atoms with van der Waals surface area (Å²) >= 11 is 0. The Morgan fingerprint density at radius 1 is 1.33 bits per heavy atom. The summed E-state index contributed by atoms with van der Waals surface area (Å²) in [7, 11) is 1.50. The molecule has 0 unspecified atom stereocenters. The van der Waals surface area contributed by atoms with E-state index in [1.165, 1.54) is 14.0 Å². The Kier molecular flexibility index (Phi) is 5.51. The maximum absolute atomic E-state index is 12.2. The molecular formula is C16H19N3O5. The van der Waals surface area contributed by atoms with E-state index < -0.39 is 18.0 Å². The Labute approximate surface area is 139 Å². The van der Waals surface area contributed by atoms with Crippen LogP contribution in [0.2, 0.25) is 0 Å². The van der Waals surface area contributed by atoms with Crippen molar-refractivity contribution in [2.75, 3.05) is 12.4 Å². The number of carbonyl (C=O) groups is 3. The molecule has 1 aromatic carbocycles. The zero-order valence-electron chi connectivity index (χ0n) is 13.7. The van der Waals surface area contributed by atoms with Crippen LogP contribution in [-0.4, -0.2) is 36.7 Å². The van der Waals surface area contributed by atoms with Crippen molar-refractivity contribution in [3.8, 4) is 5.75 Å². The minimum atomic E-state index is -1.02. The van der Waals surface area contributed by atoms with Crippen LogP contribution in [0.1, 0.15) is 25.3 Å². The molecule has 1 aliphatic rings. The van der Waals surface area contributed by atoms with Gasteiger partial charge in [0.15, 0.2) is 6.10 Å². The van der Waals surface area contributed by atoms with E-state index in [1.807, 2.05) is 13.0 Å². The van der Waals surface area contributed by atoms with E-state index in [9.17, 15) is 14.4 Å². The fourth-order valence-electron chi connectivity index (χ4n) is 2.06. The molecule has 8 heteroatoms. The molecule has 24 heavy (non-hydrogen) atoms. The molecule has 1 heterocycles. The second-order valence-electron chi connectivity index (χ2n) is 5.33. The summed E-state index contributed by atoms with van der Waals surface area (Å²) in [6, 6.07) is 5.35. The molecule has 2 N–H and O–H groups in total. The number of methoxy groups -OCH3 is 1. The Morgan fingerprint density at radius 2 is 2.08 bits per heavy atom. The molecule has 0 aliphatic carbocycles. The van der Waals surface area contributed by atoms with Crippen molar-refractivity contribution in [3.63, 3.8) is 0 Å². The van der Waals surface area contributed by atoms with Crippen molar-refractivity contribution in [3.05, 3.63) is 23.8 Å². The molecule has 1 aromatic rings. The average molecular weight is 333 g/mol. The summed E-state index contributed by atoms with van der Waals surface area (Å²) in [6.07, 6.45) is -0.678. The predicted molar refractivity (Wildman–Crippen MR) is 86.7 cm³/mol. The summed E-state index contributed by atoms with van der Waals surface area (Å²) in [5.74, 6) is -0.975. The normalized spacial score (nSPS) is 15.0. The zero-order valence-corrected chi connectivity index (χ0v) is 13.7. The van der Waals surface area contributed by atoms with Crippen molar-refractivity contribution in [1.82, 2.24) is 5.43 Å².